The molecule has 2 aromatic carbocycles. The van der Waals surface area contributed by atoms with Gasteiger partial charge in [0.05, 0.1) is 18.1 Å². The number of nitro benzene ring substituents is 1. The van der Waals surface area contributed by atoms with Gasteiger partial charge in [-0.3, -0.25) is 10.1 Å². The molecule has 0 radical (unpaired) electrons. The Morgan fingerprint density at radius 3 is 2.70 bits per heavy atom. The fourth-order valence-electron chi connectivity index (χ4n) is 3.76. The third-order valence-electron chi connectivity index (χ3n) is 4.92. The van der Waals surface area contributed by atoms with Crippen LogP contribution in [0.2, 0.25) is 0 Å². The Balaban J connectivity index is 1.62. The summed E-state index contributed by atoms with van der Waals surface area (Å²) in [6.07, 6.45) is 2.04. The summed E-state index contributed by atoms with van der Waals surface area (Å²) in [4.78, 5) is 12.7. The summed E-state index contributed by atoms with van der Waals surface area (Å²) >= 11 is 0. The molecule has 118 valence electrons. The molecule has 0 amide bonds. The van der Waals surface area contributed by atoms with Crippen molar-refractivity contribution in [3.05, 3.63) is 69.8 Å². The van der Waals surface area contributed by atoms with Crippen LogP contribution >= 0.6 is 0 Å². The molecule has 1 spiro atoms. The van der Waals surface area contributed by atoms with Gasteiger partial charge in [-0.2, -0.15) is 0 Å². The van der Waals surface area contributed by atoms with Crippen LogP contribution in [0.5, 0.6) is 0 Å². The van der Waals surface area contributed by atoms with Crippen molar-refractivity contribution in [1.82, 2.24) is 0 Å². The molecule has 0 bridgehead atoms. The van der Waals surface area contributed by atoms with E-state index in [0.29, 0.717) is 6.61 Å². The molecule has 5 nitrogen and oxygen atoms in total. The van der Waals surface area contributed by atoms with E-state index in [1.54, 1.807) is 12.1 Å². The molecule has 4 rings (SSSR count). The van der Waals surface area contributed by atoms with Gasteiger partial charge < -0.3 is 9.64 Å². The number of ether oxygens (including phenoxy) is 1. The minimum Gasteiger partial charge on any atom is -0.367 e. The number of fused-ring (bicyclic) bond motifs is 2. The molecule has 1 atom stereocenters. The number of morpholine rings is 1. The van der Waals surface area contributed by atoms with Crippen LogP contribution in [-0.4, -0.2) is 24.6 Å². The second-order valence-corrected chi connectivity index (χ2v) is 6.19. The van der Waals surface area contributed by atoms with E-state index in [1.807, 2.05) is 12.1 Å². The Labute approximate surface area is 134 Å². The smallest absolute Gasteiger partial charge is 0.269 e. The topological polar surface area (TPSA) is 55.6 Å². The average molecular weight is 310 g/mol. The summed E-state index contributed by atoms with van der Waals surface area (Å²) in [7, 11) is 0. The van der Waals surface area contributed by atoms with Crippen LogP contribution < -0.4 is 4.90 Å². The standard InChI is InChI=1S/C18H18N2O3/c21-20(22)16-7-5-15(6-8-16)19-11-12-23-18(13-19)10-9-14-3-1-2-4-17(14)18/h1-8H,9-13H2. The zero-order valence-electron chi connectivity index (χ0n) is 12.8. The normalized spacial score (nSPS) is 23.0. The highest BCUT2D eigenvalue weighted by atomic mass is 16.6. The number of aryl methyl sites for hydroxylation is 1. The number of anilines is 1. The summed E-state index contributed by atoms with van der Waals surface area (Å²) in [5.74, 6) is 0. The van der Waals surface area contributed by atoms with E-state index in [0.717, 1.165) is 31.6 Å². The third kappa shape index (κ3) is 2.37. The molecule has 2 aromatic rings. The van der Waals surface area contributed by atoms with Crippen molar-refractivity contribution in [3.8, 4) is 0 Å². The monoisotopic (exact) mass is 310 g/mol. The van der Waals surface area contributed by atoms with Gasteiger partial charge in [0, 0.05) is 24.4 Å². The van der Waals surface area contributed by atoms with E-state index >= 15 is 0 Å². The van der Waals surface area contributed by atoms with E-state index in [2.05, 4.69) is 29.2 Å². The molecule has 2 aliphatic rings. The molecule has 1 aliphatic carbocycles. The summed E-state index contributed by atoms with van der Waals surface area (Å²) in [6.45, 7) is 2.27. The molecular formula is C18H18N2O3. The highest BCUT2D eigenvalue weighted by Gasteiger charge is 2.43. The van der Waals surface area contributed by atoms with Crippen molar-refractivity contribution in [2.45, 2.75) is 18.4 Å². The predicted octanol–water partition coefficient (Wildman–Crippen LogP) is 3.27. The van der Waals surface area contributed by atoms with Crippen molar-refractivity contribution in [2.75, 3.05) is 24.6 Å². The fraction of sp³-hybridized carbons (Fsp3) is 0.333. The molecule has 1 fully saturated rings. The Hall–Kier alpha value is -2.40. The summed E-state index contributed by atoms with van der Waals surface area (Å²) in [5, 5.41) is 10.8. The number of hydrogen-bond acceptors (Lipinski definition) is 4. The van der Waals surface area contributed by atoms with Gasteiger partial charge in [0.25, 0.3) is 5.69 Å². The average Bonchev–Trinajstić information content (AvgIpc) is 2.94. The summed E-state index contributed by atoms with van der Waals surface area (Å²) in [6, 6.07) is 15.3. The summed E-state index contributed by atoms with van der Waals surface area (Å²) < 4.78 is 6.22. The fourth-order valence-corrected chi connectivity index (χ4v) is 3.76. The molecular weight excluding hydrogens is 292 g/mol. The largest absolute Gasteiger partial charge is 0.367 e. The molecule has 1 heterocycles. The number of benzene rings is 2. The van der Waals surface area contributed by atoms with Crippen LogP contribution in [0.3, 0.4) is 0 Å². The maximum Gasteiger partial charge on any atom is 0.269 e. The maximum atomic E-state index is 10.8. The molecule has 0 aromatic heterocycles. The van der Waals surface area contributed by atoms with Gasteiger partial charge in [0.1, 0.15) is 5.60 Å². The van der Waals surface area contributed by atoms with Crippen molar-refractivity contribution in [2.24, 2.45) is 0 Å². The third-order valence-corrected chi connectivity index (χ3v) is 4.92. The lowest BCUT2D eigenvalue weighted by Crippen LogP contribution is -2.49. The number of hydrogen-bond donors (Lipinski definition) is 0. The Kier molecular flexibility index (Phi) is 3.31. The number of nitro groups is 1. The van der Waals surface area contributed by atoms with Gasteiger partial charge in [0.15, 0.2) is 0 Å². The van der Waals surface area contributed by atoms with Crippen LogP contribution in [0.15, 0.2) is 48.5 Å². The van der Waals surface area contributed by atoms with E-state index in [1.165, 1.54) is 11.1 Å². The first kappa shape index (κ1) is 14.2. The van der Waals surface area contributed by atoms with Crippen LogP contribution in [0.1, 0.15) is 17.5 Å². The van der Waals surface area contributed by atoms with Crippen molar-refractivity contribution < 1.29 is 9.66 Å². The van der Waals surface area contributed by atoms with E-state index in [9.17, 15) is 10.1 Å². The second-order valence-electron chi connectivity index (χ2n) is 6.19. The molecule has 23 heavy (non-hydrogen) atoms. The zero-order valence-corrected chi connectivity index (χ0v) is 12.8. The molecule has 1 saturated heterocycles. The van der Waals surface area contributed by atoms with E-state index < -0.39 is 0 Å². The maximum absolute atomic E-state index is 10.8. The first-order chi connectivity index (χ1) is 11.2. The van der Waals surface area contributed by atoms with Gasteiger partial charge in [-0.1, -0.05) is 24.3 Å². The molecule has 0 saturated carbocycles. The number of nitrogens with zero attached hydrogens (tertiary/aromatic N) is 2. The minimum absolute atomic E-state index is 0.128. The minimum atomic E-state index is -0.363. The lowest BCUT2D eigenvalue weighted by Gasteiger charge is -2.42. The van der Waals surface area contributed by atoms with Crippen LogP contribution in [0.4, 0.5) is 11.4 Å². The first-order valence-electron chi connectivity index (χ1n) is 7.90. The Bertz CT molecular complexity index is 740. The highest BCUT2D eigenvalue weighted by molar-refractivity contribution is 5.52. The van der Waals surface area contributed by atoms with Gasteiger partial charge in [0.2, 0.25) is 0 Å². The lowest BCUT2D eigenvalue weighted by atomic mass is 9.93. The van der Waals surface area contributed by atoms with Crippen LogP contribution in [-0.2, 0) is 16.8 Å². The quantitative estimate of drug-likeness (QED) is 0.631. The number of non-ortho nitro benzene ring substituents is 1. The van der Waals surface area contributed by atoms with Gasteiger partial charge in [-0.05, 0) is 36.1 Å². The van der Waals surface area contributed by atoms with Crippen molar-refractivity contribution in [1.29, 1.82) is 0 Å². The first-order valence-corrected chi connectivity index (χ1v) is 7.90. The zero-order chi connectivity index (χ0) is 15.9. The van der Waals surface area contributed by atoms with Crippen molar-refractivity contribution >= 4 is 11.4 Å². The van der Waals surface area contributed by atoms with E-state index in [-0.39, 0.29) is 16.2 Å². The molecule has 1 aliphatic heterocycles. The molecule has 5 heteroatoms. The SMILES string of the molecule is O=[N+]([O-])c1ccc(N2CCOC3(CCc4ccccc43)C2)cc1. The predicted molar refractivity (Wildman–Crippen MR) is 87.7 cm³/mol. The Morgan fingerprint density at radius 2 is 1.91 bits per heavy atom. The van der Waals surface area contributed by atoms with Gasteiger partial charge in [-0.15, -0.1) is 0 Å². The van der Waals surface area contributed by atoms with Crippen molar-refractivity contribution in [3.63, 3.8) is 0 Å². The summed E-state index contributed by atoms with van der Waals surface area (Å²) in [5.41, 5.74) is 3.58. The number of rotatable bonds is 2. The van der Waals surface area contributed by atoms with Crippen LogP contribution in [0, 0.1) is 10.1 Å². The highest BCUT2D eigenvalue weighted by Crippen LogP contribution is 2.43. The van der Waals surface area contributed by atoms with E-state index in [4.69, 9.17) is 4.74 Å². The molecule has 0 N–H and O–H groups in total. The molecule has 1 unspecified atom stereocenters. The lowest BCUT2D eigenvalue weighted by molar-refractivity contribution is -0.384. The van der Waals surface area contributed by atoms with Gasteiger partial charge in [-0.25, -0.2) is 0 Å². The van der Waals surface area contributed by atoms with Gasteiger partial charge >= 0.3 is 0 Å². The Morgan fingerprint density at radius 1 is 1.13 bits per heavy atom. The second kappa shape index (κ2) is 5.35. The van der Waals surface area contributed by atoms with Crippen LogP contribution in [0.25, 0.3) is 0 Å².